The Morgan fingerprint density at radius 2 is 1.48 bits per heavy atom. The Kier molecular flexibility index (Phi) is 11.8. The van der Waals surface area contributed by atoms with Gasteiger partial charge < -0.3 is 35.4 Å². The number of hydrogen-bond donors (Lipinski definition) is 3. The van der Waals surface area contributed by atoms with Gasteiger partial charge in [0.15, 0.2) is 0 Å². The second-order valence-corrected chi connectivity index (χ2v) is 13.5. The van der Waals surface area contributed by atoms with Crippen LogP contribution in [0.1, 0.15) is 21.5 Å². The Balaban J connectivity index is 1.10. The lowest BCUT2D eigenvalue weighted by Crippen LogP contribution is -2.44. The molecule has 1 aromatic heterocycles. The van der Waals surface area contributed by atoms with E-state index in [1.807, 2.05) is 24.1 Å². The standard InChI is InChI=1S/C38H45F3N10O3/c1-47-13-17-50(18-14-47)24-27-6-5-26(21-31(27)38(39,40)41)36(52)45-29-9-12-33(54-4)32(22-29)46-37(53)49(3)35-23-34(42-25-43-35)44-28-7-10-30(11-8-28)51-19-15-48(2)16-20-51/h5-12,21-23,25H,13-20,24H2,1-4H3,(H,45,52)(H,46,53)(H,42,43,44). The van der Waals surface area contributed by atoms with E-state index in [2.05, 4.69) is 59.8 Å². The van der Waals surface area contributed by atoms with Gasteiger partial charge >= 0.3 is 12.2 Å². The van der Waals surface area contributed by atoms with Gasteiger partial charge in [-0.2, -0.15) is 13.2 Å². The number of anilines is 6. The summed E-state index contributed by atoms with van der Waals surface area (Å²) in [4.78, 5) is 45.2. The fourth-order valence-electron chi connectivity index (χ4n) is 6.32. The molecule has 0 atom stereocenters. The van der Waals surface area contributed by atoms with Crippen LogP contribution in [0.5, 0.6) is 5.75 Å². The predicted molar refractivity (Wildman–Crippen MR) is 204 cm³/mol. The van der Waals surface area contributed by atoms with Crippen molar-refractivity contribution in [1.82, 2.24) is 24.7 Å². The van der Waals surface area contributed by atoms with Crippen LogP contribution in [-0.2, 0) is 12.7 Å². The lowest BCUT2D eigenvalue weighted by atomic mass is 10.0. The third-order valence-corrected chi connectivity index (χ3v) is 9.68. The van der Waals surface area contributed by atoms with Crippen molar-refractivity contribution in [2.75, 3.05) is 106 Å². The van der Waals surface area contributed by atoms with E-state index in [0.29, 0.717) is 30.5 Å². The van der Waals surface area contributed by atoms with Crippen molar-refractivity contribution in [1.29, 1.82) is 0 Å². The Morgan fingerprint density at radius 3 is 2.15 bits per heavy atom. The maximum atomic E-state index is 14.2. The molecule has 0 aliphatic carbocycles. The van der Waals surface area contributed by atoms with Gasteiger partial charge in [0.05, 0.1) is 18.4 Å². The molecule has 2 aliphatic rings. The van der Waals surface area contributed by atoms with Crippen molar-refractivity contribution in [3.05, 3.63) is 89.7 Å². The number of nitrogens with zero attached hydrogens (tertiary/aromatic N) is 7. The van der Waals surface area contributed by atoms with Crippen LogP contribution in [0, 0.1) is 0 Å². The van der Waals surface area contributed by atoms with Gasteiger partial charge in [-0.1, -0.05) is 6.07 Å². The quantitative estimate of drug-likeness (QED) is 0.187. The Hall–Kier alpha value is -5.45. The number of nitrogens with one attached hydrogen (secondary N) is 3. The van der Waals surface area contributed by atoms with Gasteiger partial charge in [-0.15, -0.1) is 0 Å². The molecular weight excluding hydrogens is 701 g/mol. The van der Waals surface area contributed by atoms with E-state index >= 15 is 0 Å². The molecule has 6 rings (SSSR count). The number of methoxy groups -OCH3 is 1. The molecule has 4 aromatic rings. The van der Waals surface area contributed by atoms with Crippen LogP contribution in [0.2, 0.25) is 0 Å². The molecule has 3 N–H and O–H groups in total. The normalized spacial score (nSPS) is 15.8. The van der Waals surface area contributed by atoms with Gasteiger partial charge in [0.1, 0.15) is 23.7 Å². The number of amides is 3. The summed E-state index contributed by atoms with van der Waals surface area (Å²) in [7, 11) is 7.07. The van der Waals surface area contributed by atoms with Gasteiger partial charge in [-0.25, -0.2) is 14.8 Å². The summed E-state index contributed by atoms with van der Waals surface area (Å²) >= 11 is 0. The van der Waals surface area contributed by atoms with E-state index in [1.54, 1.807) is 6.07 Å². The van der Waals surface area contributed by atoms with Gasteiger partial charge in [-0.05, 0) is 74.3 Å². The summed E-state index contributed by atoms with van der Waals surface area (Å²) in [6.07, 6.45) is -3.29. The lowest BCUT2D eigenvalue weighted by Gasteiger charge is -2.34. The zero-order valence-electron chi connectivity index (χ0n) is 30.8. The number of alkyl halides is 3. The minimum atomic E-state index is -4.64. The van der Waals surface area contributed by atoms with Gasteiger partial charge in [0, 0.05) is 94.6 Å². The van der Waals surface area contributed by atoms with Crippen LogP contribution in [-0.4, -0.2) is 117 Å². The second-order valence-electron chi connectivity index (χ2n) is 13.5. The number of carbonyl (C=O) groups excluding carboxylic acids is 2. The fourth-order valence-corrected chi connectivity index (χ4v) is 6.32. The highest BCUT2D eigenvalue weighted by atomic mass is 19.4. The molecule has 2 fully saturated rings. The van der Waals surface area contributed by atoms with Crippen LogP contribution < -0.4 is 30.5 Å². The van der Waals surface area contributed by atoms with E-state index < -0.39 is 23.7 Å². The average Bonchev–Trinajstić information content (AvgIpc) is 3.16. The van der Waals surface area contributed by atoms with Gasteiger partial charge in [0.25, 0.3) is 5.91 Å². The maximum Gasteiger partial charge on any atom is 0.416 e. The summed E-state index contributed by atoms with van der Waals surface area (Å²) in [6, 6.07) is 17.3. The predicted octanol–water partition coefficient (Wildman–Crippen LogP) is 5.67. The molecule has 0 unspecified atom stereocenters. The largest absolute Gasteiger partial charge is 0.495 e. The van der Waals surface area contributed by atoms with Crippen LogP contribution in [0.3, 0.4) is 0 Å². The molecule has 13 nitrogen and oxygen atoms in total. The highest BCUT2D eigenvalue weighted by Crippen LogP contribution is 2.34. The number of aromatic nitrogens is 2. The van der Waals surface area contributed by atoms with Crippen LogP contribution in [0.15, 0.2) is 73.1 Å². The number of urea groups is 1. The molecular formula is C38H45F3N10O3. The van der Waals surface area contributed by atoms with Gasteiger partial charge in [0.2, 0.25) is 0 Å². The third-order valence-electron chi connectivity index (χ3n) is 9.68. The number of halogens is 3. The topological polar surface area (TPSA) is 121 Å². The Morgan fingerprint density at radius 1 is 0.815 bits per heavy atom. The van der Waals surface area contributed by atoms with E-state index in [-0.39, 0.29) is 29.0 Å². The molecule has 3 aromatic carbocycles. The minimum Gasteiger partial charge on any atom is -0.495 e. The number of hydrogen-bond acceptors (Lipinski definition) is 10. The summed E-state index contributed by atoms with van der Waals surface area (Å²) < 4.78 is 47.9. The monoisotopic (exact) mass is 746 g/mol. The smallest absolute Gasteiger partial charge is 0.416 e. The van der Waals surface area contributed by atoms with E-state index in [9.17, 15) is 22.8 Å². The number of rotatable bonds is 10. The third kappa shape index (κ3) is 9.55. The first kappa shape index (κ1) is 38.3. The molecule has 0 saturated carbocycles. The molecule has 16 heteroatoms. The number of benzene rings is 3. The van der Waals surface area contributed by atoms with Crippen molar-refractivity contribution in [3.63, 3.8) is 0 Å². The van der Waals surface area contributed by atoms with Crippen LogP contribution in [0.4, 0.5) is 52.4 Å². The molecule has 0 spiro atoms. The first-order valence-corrected chi connectivity index (χ1v) is 17.6. The first-order valence-electron chi connectivity index (χ1n) is 17.6. The summed E-state index contributed by atoms with van der Waals surface area (Å²) in [5, 5.41) is 8.67. The summed E-state index contributed by atoms with van der Waals surface area (Å²) in [6.45, 7) is 6.97. The number of carbonyl (C=O) groups is 2. The van der Waals surface area contributed by atoms with Crippen LogP contribution >= 0.6 is 0 Å². The molecule has 0 radical (unpaired) electrons. The van der Waals surface area contributed by atoms with E-state index in [1.165, 1.54) is 55.7 Å². The minimum absolute atomic E-state index is 0.115. The summed E-state index contributed by atoms with van der Waals surface area (Å²) in [5.74, 6) is 0.350. The van der Waals surface area contributed by atoms with Crippen molar-refractivity contribution < 1.29 is 27.5 Å². The molecule has 2 saturated heterocycles. The molecule has 286 valence electrons. The highest BCUT2D eigenvalue weighted by Gasteiger charge is 2.35. The zero-order valence-corrected chi connectivity index (χ0v) is 30.8. The molecule has 2 aliphatic heterocycles. The summed E-state index contributed by atoms with van der Waals surface area (Å²) in [5.41, 5.74) is 1.55. The maximum absolute atomic E-state index is 14.2. The molecule has 3 heterocycles. The second kappa shape index (κ2) is 16.7. The zero-order chi connectivity index (χ0) is 38.4. The molecule has 3 amide bonds. The highest BCUT2D eigenvalue weighted by molar-refractivity contribution is 6.06. The Bertz CT molecular complexity index is 1930. The van der Waals surface area contributed by atoms with Crippen molar-refractivity contribution in [2.45, 2.75) is 12.7 Å². The van der Waals surface area contributed by atoms with Crippen molar-refractivity contribution in [2.24, 2.45) is 0 Å². The fraction of sp³-hybridized carbons (Fsp3) is 0.368. The lowest BCUT2D eigenvalue weighted by molar-refractivity contribution is -0.138. The van der Waals surface area contributed by atoms with Crippen molar-refractivity contribution >= 4 is 46.3 Å². The molecule has 54 heavy (non-hydrogen) atoms. The van der Waals surface area contributed by atoms with E-state index in [0.717, 1.165) is 56.7 Å². The van der Waals surface area contributed by atoms with Crippen molar-refractivity contribution in [3.8, 4) is 5.75 Å². The number of piperazine rings is 2. The molecule has 0 bridgehead atoms. The van der Waals surface area contributed by atoms with E-state index in [4.69, 9.17) is 4.74 Å². The SMILES string of the molecule is COc1ccc(NC(=O)c2ccc(CN3CCN(C)CC3)c(C(F)(F)F)c2)cc1NC(=O)N(C)c1cc(Nc2ccc(N3CCN(C)CC3)cc2)ncn1. The number of likely N-dealkylation sites (N-methyl/N-ethyl adjacent to an activating group) is 2. The van der Waals surface area contributed by atoms with Gasteiger partial charge in [-0.3, -0.25) is 14.6 Å². The Labute approximate surface area is 312 Å². The average molecular weight is 747 g/mol. The number of ether oxygens (including phenoxy) is 1. The first-order chi connectivity index (χ1) is 25.9. The van der Waals surface area contributed by atoms with Crippen LogP contribution in [0.25, 0.3) is 0 Å².